The second kappa shape index (κ2) is 5.88. The molecule has 0 spiro atoms. The zero-order valence-electron chi connectivity index (χ0n) is 12.8. The summed E-state index contributed by atoms with van der Waals surface area (Å²) in [6.07, 6.45) is -4.39. The molecule has 0 N–H and O–H groups in total. The van der Waals surface area contributed by atoms with Gasteiger partial charge >= 0.3 is 6.18 Å². The molecule has 9 heteroatoms. The Morgan fingerprint density at radius 1 is 1.24 bits per heavy atom. The fourth-order valence-electron chi connectivity index (χ4n) is 1.44. The normalized spacial score (nSPS) is 13.5. The predicted molar refractivity (Wildman–Crippen MR) is 73.6 cm³/mol. The Morgan fingerprint density at radius 2 is 1.81 bits per heavy atom. The summed E-state index contributed by atoms with van der Waals surface area (Å²) in [5, 5.41) is 6.24. The highest BCUT2D eigenvalue weighted by Crippen LogP contribution is 2.36. The van der Waals surface area contributed by atoms with E-state index in [0.29, 0.717) is 0 Å². The number of nitrogens with zero attached hydrogens (tertiary/aromatic N) is 3. The molecule has 5 nitrogen and oxygen atoms in total. The van der Waals surface area contributed by atoms with E-state index in [1.807, 2.05) is 33.9 Å². The third-order valence-corrected chi connectivity index (χ3v) is 8.26. The maximum atomic E-state index is 12.8. The van der Waals surface area contributed by atoms with Gasteiger partial charge in [-0.05, 0) is 18.1 Å². The molecule has 0 aromatic carbocycles. The predicted octanol–water partition coefficient (Wildman–Crippen LogP) is 3.13. The molecule has 0 bridgehead atoms. The molecule has 1 aromatic heterocycles. The number of aldehydes is 1. The highest BCUT2D eigenvalue weighted by molar-refractivity contribution is 6.74. The van der Waals surface area contributed by atoms with E-state index in [-0.39, 0.29) is 30.3 Å². The Hall–Kier alpha value is -1.22. The number of halogens is 3. The summed E-state index contributed by atoms with van der Waals surface area (Å²) in [5.41, 5.74) is 0. The summed E-state index contributed by atoms with van der Waals surface area (Å²) < 4.78 is 44.9. The molecule has 0 saturated heterocycles. The van der Waals surface area contributed by atoms with Crippen LogP contribution in [0.1, 0.15) is 37.2 Å². The largest absolute Gasteiger partial charge is 0.451 e. The molecule has 0 fully saturated rings. The second-order valence-electron chi connectivity index (χ2n) is 6.26. The van der Waals surface area contributed by atoms with Crippen LogP contribution in [0.5, 0.6) is 0 Å². The number of alkyl halides is 3. The SMILES string of the molecule is CC(C)(C)[Si](C)(C)OCCn1c(C=O)nnc1C(F)(F)F. The first-order valence-electron chi connectivity index (χ1n) is 6.49. The van der Waals surface area contributed by atoms with E-state index in [2.05, 4.69) is 10.2 Å². The van der Waals surface area contributed by atoms with Crippen LogP contribution in [0.2, 0.25) is 18.1 Å². The number of carbonyl (C=O) groups is 1. The van der Waals surface area contributed by atoms with E-state index in [0.717, 1.165) is 4.57 Å². The minimum Gasteiger partial charge on any atom is -0.415 e. The zero-order chi connectivity index (χ0) is 16.5. The van der Waals surface area contributed by atoms with E-state index in [1.54, 1.807) is 0 Å². The first kappa shape index (κ1) is 17.8. The van der Waals surface area contributed by atoms with E-state index in [4.69, 9.17) is 4.43 Å². The van der Waals surface area contributed by atoms with E-state index < -0.39 is 20.3 Å². The number of carbonyl (C=O) groups excluding carboxylic acids is 1. The Morgan fingerprint density at radius 3 is 2.24 bits per heavy atom. The van der Waals surface area contributed by atoms with Crippen molar-refractivity contribution in [3.8, 4) is 0 Å². The van der Waals surface area contributed by atoms with Gasteiger partial charge in [0.1, 0.15) is 0 Å². The van der Waals surface area contributed by atoms with Crippen LogP contribution in [0.3, 0.4) is 0 Å². The summed E-state index contributed by atoms with van der Waals surface area (Å²) in [6, 6.07) is 0. The van der Waals surface area contributed by atoms with Gasteiger partial charge in [-0.3, -0.25) is 9.36 Å². The van der Waals surface area contributed by atoms with Crippen LogP contribution in [0.25, 0.3) is 0 Å². The Bertz CT molecular complexity index is 507. The molecular weight excluding hydrogens is 303 g/mol. The highest BCUT2D eigenvalue weighted by Gasteiger charge is 2.39. The fourth-order valence-corrected chi connectivity index (χ4v) is 2.48. The van der Waals surface area contributed by atoms with Gasteiger partial charge in [0.15, 0.2) is 20.4 Å². The molecule has 1 heterocycles. The number of rotatable bonds is 5. The molecule has 0 aliphatic carbocycles. The molecule has 0 radical (unpaired) electrons. The van der Waals surface area contributed by atoms with Crippen molar-refractivity contribution in [3.63, 3.8) is 0 Å². The van der Waals surface area contributed by atoms with Gasteiger partial charge in [0.25, 0.3) is 0 Å². The molecule has 0 amide bonds. The first-order chi connectivity index (χ1) is 9.40. The summed E-state index contributed by atoms with van der Waals surface area (Å²) >= 11 is 0. The summed E-state index contributed by atoms with van der Waals surface area (Å²) in [6.45, 7) is 10.1. The third-order valence-electron chi connectivity index (χ3n) is 3.72. The molecule has 0 aliphatic rings. The Kier molecular flexibility index (Phi) is 4.99. The van der Waals surface area contributed by atoms with Gasteiger partial charge < -0.3 is 4.43 Å². The van der Waals surface area contributed by atoms with Gasteiger partial charge in [-0.2, -0.15) is 13.2 Å². The van der Waals surface area contributed by atoms with Crippen molar-refractivity contribution in [1.82, 2.24) is 14.8 Å². The van der Waals surface area contributed by atoms with Crippen LogP contribution in [0.4, 0.5) is 13.2 Å². The lowest BCUT2D eigenvalue weighted by Gasteiger charge is -2.36. The molecule has 0 unspecified atom stereocenters. The van der Waals surface area contributed by atoms with Crippen LogP contribution in [0, 0.1) is 0 Å². The lowest BCUT2D eigenvalue weighted by Crippen LogP contribution is -2.41. The number of hydrogen-bond acceptors (Lipinski definition) is 4. The molecule has 0 saturated carbocycles. The molecule has 21 heavy (non-hydrogen) atoms. The molecule has 1 rings (SSSR count). The van der Waals surface area contributed by atoms with Gasteiger partial charge in [0.2, 0.25) is 5.82 Å². The Labute approximate surface area is 122 Å². The van der Waals surface area contributed by atoms with Gasteiger partial charge in [-0.25, -0.2) is 0 Å². The summed E-state index contributed by atoms with van der Waals surface area (Å²) in [7, 11) is -2.05. The smallest absolute Gasteiger partial charge is 0.415 e. The van der Waals surface area contributed by atoms with E-state index >= 15 is 0 Å². The molecular formula is C12H20F3N3O2Si. The van der Waals surface area contributed by atoms with Crippen molar-refractivity contribution < 1.29 is 22.4 Å². The van der Waals surface area contributed by atoms with Crippen molar-refractivity contribution in [2.45, 2.75) is 51.6 Å². The van der Waals surface area contributed by atoms with Crippen LogP contribution in [-0.4, -0.2) is 36.0 Å². The van der Waals surface area contributed by atoms with Crippen LogP contribution in [0.15, 0.2) is 0 Å². The lowest BCUT2D eigenvalue weighted by atomic mass is 10.2. The third kappa shape index (κ3) is 4.13. The van der Waals surface area contributed by atoms with Crippen molar-refractivity contribution in [3.05, 3.63) is 11.6 Å². The standard InChI is InChI=1S/C12H20F3N3O2Si/c1-11(2,3)21(4,5)20-7-6-18-9(8-19)16-17-10(18)12(13,14)15/h8H,6-7H2,1-5H3. The van der Waals surface area contributed by atoms with Crippen LogP contribution in [-0.2, 0) is 17.1 Å². The van der Waals surface area contributed by atoms with Crippen molar-refractivity contribution in [2.75, 3.05) is 6.61 Å². The number of aromatic nitrogens is 3. The first-order valence-corrected chi connectivity index (χ1v) is 9.40. The topological polar surface area (TPSA) is 57.0 Å². The molecule has 0 atom stereocenters. The Balaban J connectivity index is 2.85. The van der Waals surface area contributed by atoms with E-state index in [1.165, 1.54) is 0 Å². The van der Waals surface area contributed by atoms with E-state index in [9.17, 15) is 18.0 Å². The average Bonchev–Trinajstić information content (AvgIpc) is 2.70. The minimum atomic E-state index is -4.65. The maximum absolute atomic E-state index is 12.8. The highest BCUT2D eigenvalue weighted by atomic mass is 28.4. The van der Waals surface area contributed by atoms with Gasteiger partial charge in [-0.15, -0.1) is 10.2 Å². The van der Waals surface area contributed by atoms with Crippen LogP contribution >= 0.6 is 0 Å². The average molecular weight is 323 g/mol. The summed E-state index contributed by atoms with van der Waals surface area (Å²) in [4.78, 5) is 10.8. The quantitative estimate of drug-likeness (QED) is 0.617. The minimum absolute atomic E-state index is 0.0411. The van der Waals surface area contributed by atoms with Gasteiger partial charge in [-0.1, -0.05) is 20.8 Å². The lowest BCUT2D eigenvalue weighted by molar-refractivity contribution is -0.147. The van der Waals surface area contributed by atoms with Crippen molar-refractivity contribution >= 4 is 14.6 Å². The number of hydrogen-bond donors (Lipinski definition) is 0. The van der Waals surface area contributed by atoms with Gasteiger partial charge in [0.05, 0.1) is 6.61 Å². The van der Waals surface area contributed by atoms with Crippen molar-refractivity contribution in [2.24, 2.45) is 0 Å². The molecule has 1 aromatic rings. The van der Waals surface area contributed by atoms with Crippen molar-refractivity contribution in [1.29, 1.82) is 0 Å². The maximum Gasteiger partial charge on any atom is 0.451 e. The van der Waals surface area contributed by atoms with Crippen LogP contribution < -0.4 is 0 Å². The fraction of sp³-hybridized carbons (Fsp3) is 0.750. The molecule has 0 aliphatic heterocycles. The summed E-state index contributed by atoms with van der Waals surface area (Å²) in [5.74, 6) is -1.52. The molecule has 120 valence electrons. The monoisotopic (exact) mass is 323 g/mol. The van der Waals surface area contributed by atoms with Gasteiger partial charge in [0, 0.05) is 6.54 Å². The second-order valence-corrected chi connectivity index (χ2v) is 11.1. The zero-order valence-corrected chi connectivity index (χ0v) is 13.8.